The van der Waals surface area contributed by atoms with E-state index in [0.29, 0.717) is 32.0 Å². The zero-order valence-corrected chi connectivity index (χ0v) is 15.8. The number of likely N-dealkylation sites (tertiary alicyclic amines) is 1. The van der Waals surface area contributed by atoms with Gasteiger partial charge in [0, 0.05) is 31.6 Å². The van der Waals surface area contributed by atoms with Crippen LogP contribution in [0.2, 0.25) is 0 Å². The van der Waals surface area contributed by atoms with Crippen molar-refractivity contribution in [3.05, 3.63) is 0 Å². The molecule has 1 saturated heterocycles. The van der Waals surface area contributed by atoms with Crippen molar-refractivity contribution >= 4 is 28.3 Å². The average Bonchev–Trinajstić information content (AvgIpc) is 3.27. The Kier molecular flexibility index (Phi) is 6.93. The summed E-state index contributed by atoms with van der Waals surface area (Å²) in [6, 6.07) is -0.0791. The number of rotatable bonds is 6. The van der Waals surface area contributed by atoms with Gasteiger partial charge in [-0.15, -0.1) is 12.4 Å². The lowest BCUT2D eigenvalue weighted by atomic mass is 10.0. The second kappa shape index (κ2) is 8.34. The van der Waals surface area contributed by atoms with E-state index in [9.17, 15) is 13.2 Å². The number of carbonyl (C=O) groups excluding carboxylic acids is 1. The van der Waals surface area contributed by atoms with Gasteiger partial charge in [-0.05, 0) is 44.4 Å². The number of hydrogen-bond acceptors (Lipinski definition) is 4. The molecule has 3 aliphatic rings. The molecule has 140 valence electrons. The lowest BCUT2D eigenvalue weighted by molar-refractivity contribution is -0.136. The Labute approximate surface area is 151 Å². The number of hydrogen-bond donors (Lipinski definition) is 2. The van der Waals surface area contributed by atoms with Crippen LogP contribution in [0.15, 0.2) is 0 Å². The Bertz CT molecular complexity index is 533. The molecule has 1 amide bonds. The Morgan fingerprint density at radius 3 is 2.42 bits per heavy atom. The van der Waals surface area contributed by atoms with Gasteiger partial charge in [-0.2, -0.15) is 0 Å². The molecule has 6 nitrogen and oxygen atoms in total. The molecule has 3 fully saturated rings. The summed E-state index contributed by atoms with van der Waals surface area (Å²) in [4.78, 5) is 14.3. The summed E-state index contributed by atoms with van der Waals surface area (Å²) >= 11 is 0. The second-order valence-electron chi connectivity index (χ2n) is 7.42. The van der Waals surface area contributed by atoms with Crippen LogP contribution >= 0.6 is 12.4 Å². The van der Waals surface area contributed by atoms with E-state index in [-0.39, 0.29) is 30.3 Å². The highest BCUT2D eigenvalue weighted by Gasteiger charge is 2.36. The van der Waals surface area contributed by atoms with Crippen LogP contribution in [0.1, 0.15) is 51.4 Å². The summed E-state index contributed by atoms with van der Waals surface area (Å²) < 4.78 is 27.7. The van der Waals surface area contributed by atoms with E-state index in [1.54, 1.807) is 4.90 Å². The lowest BCUT2D eigenvalue weighted by Gasteiger charge is -2.34. The SMILES string of the molecule is Cl.NC(CNS(=O)(=O)C1CCCN(C(=O)C2CCCC2)C1)C1CC1. The Morgan fingerprint density at radius 2 is 1.79 bits per heavy atom. The van der Waals surface area contributed by atoms with E-state index < -0.39 is 15.3 Å². The van der Waals surface area contributed by atoms with Gasteiger partial charge in [-0.25, -0.2) is 13.1 Å². The maximum absolute atomic E-state index is 12.5. The molecule has 0 aromatic rings. The maximum Gasteiger partial charge on any atom is 0.225 e. The van der Waals surface area contributed by atoms with Gasteiger partial charge in [0.25, 0.3) is 0 Å². The van der Waals surface area contributed by atoms with Gasteiger partial charge in [0.05, 0.1) is 5.25 Å². The molecule has 0 aromatic carbocycles. The fraction of sp³-hybridized carbons (Fsp3) is 0.938. The summed E-state index contributed by atoms with van der Waals surface area (Å²) in [5.74, 6) is 0.759. The van der Waals surface area contributed by atoms with Crippen molar-refractivity contribution < 1.29 is 13.2 Å². The molecule has 1 heterocycles. The number of piperidine rings is 1. The number of carbonyl (C=O) groups is 1. The van der Waals surface area contributed by atoms with Crippen LogP contribution in [0, 0.1) is 11.8 Å². The zero-order chi connectivity index (χ0) is 16.4. The van der Waals surface area contributed by atoms with E-state index in [2.05, 4.69) is 4.72 Å². The highest BCUT2D eigenvalue weighted by atomic mass is 35.5. The fourth-order valence-corrected chi connectivity index (χ4v) is 5.36. The topological polar surface area (TPSA) is 92.5 Å². The van der Waals surface area contributed by atoms with Crippen LogP contribution in [-0.2, 0) is 14.8 Å². The molecule has 0 radical (unpaired) electrons. The fourth-order valence-electron chi connectivity index (χ4n) is 3.84. The molecule has 0 spiro atoms. The van der Waals surface area contributed by atoms with E-state index >= 15 is 0 Å². The molecular formula is C16H30ClN3O3S. The van der Waals surface area contributed by atoms with Crippen molar-refractivity contribution in [2.75, 3.05) is 19.6 Å². The van der Waals surface area contributed by atoms with Gasteiger partial charge in [0.15, 0.2) is 0 Å². The summed E-state index contributed by atoms with van der Waals surface area (Å²) in [5.41, 5.74) is 5.98. The summed E-state index contributed by atoms with van der Waals surface area (Å²) in [7, 11) is -3.40. The van der Waals surface area contributed by atoms with Crippen molar-refractivity contribution in [3.8, 4) is 0 Å². The number of amides is 1. The van der Waals surface area contributed by atoms with Crippen LogP contribution in [0.4, 0.5) is 0 Å². The van der Waals surface area contributed by atoms with E-state index in [4.69, 9.17) is 5.73 Å². The third-order valence-corrected chi connectivity index (χ3v) is 7.41. The number of sulfonamides is 1. The van der Waals surface area contributed by atoms with Crippen molar-refractivity contribution in [2.45, 2.75) is 62.7 Å². The Balaban J connectivity index is 0.00000208. The van der Waals surface area contributed by atoms with Gasteiger partial charge in [-0.1, -0.05) is 12.8 Å². The highest BCUT2D eigenvalue weighted by molar-refractivity contribution is 7.90. The highest BCUT2D eigenvalue weighted by Crippen LogP contribution is 2.31. The maximum atomic E-state index is 12.5. The molecule has 2 aliphatic carbocycles. The molecule has 2 saturated carbocycles. The minimum atomic E-state index is -3.40. The van der Waals surface area contributed by atoms with Gasteiger partial charge < -0.3 is 10.6 Å². The van der Waals surface area contributed by atoms with Crippen molar-refractivity contribution in [3.63, 3.8) is 0 Å². The summed E-state index contributed by atoms with van der Waals surface area (Å²) in [6.45, 7) is 1.35. The average molecular weight is 380 g/mol. The zero-order valence-electron chi connectivity index (χ0n) is 14.2. The Hall–Kier alpha value is -0.370. The van der Waals surface area contributed by atoms with Crippen LogP contribution in [0.3, 0.4) is 0 Å². The second-order valence-corrected chi connectivity index (χ2v) is 9.47. The minimum absolute atomic E-state index is 0. The molecule has 2 unspecified atom stereocenters. The number of nitrogens with zero attached hydrogens (tertiary/aromatic N) is 1. The number of halogens is 1. The summed E-state index contributed by atoms with van der Waals surface area (Å²) in [5, 5.41) is -0.493. The molecule has 3 N–H and O–H groups in total. The van der Waals surface area contributed by atoms with Crippen molar-refractivity contribution in [2.24, 2.45) is 17.6 Å². The van der Waals surface area contributed by atoms with Gasteiger partial charge in [0.2, 0.25) is 15.9 Å². The van der Waals surface area contributed by atoms with Crippen molar-refractivity contribution in [1.82, 2.24) is 9.62 Å². The normalized spacial score (nSPS) is 26.9. The third kappa shape index (κ3) is 4.84. The predicted octanol–water partition coefficient (Wildman–Crippen LogP) is 1.25. The first-order valence-corrected chi connectivity index (χ1v) is 10.5. The molecule has 1 aliphatic heterocycles. The minimum Gasteiger partial charge on any atom is -0.341 e. The van der Waals surface area contributed by atoms with Gasteiger partial charge in [-0.3, -0.25) is 4.79 Å². The standard InChI is InChI=1S/C16H29N3O3S.ClH/c17-15(12-7-8-12)10-18-23(21,22)14-6-3-9-19(11-14)16(20)13-4-1-2-5-13;/h12-15,18H,1-11,17H2;1H. The Morgan fingerprint density at radius 1 is 1.12 bits per heavy atom. The number of nitrogens with two attached hydrogens (primary N) is 1. The molecule has 8 heteroatoms. The molecule has 0 bridgehead atoms. The largest absolute Gasteiger partial charge is 0.341 e. The monoisotopic (exact) mass is 379 g/mol. The van der Waals surface area contributed by atoms with Crippen LogP contribution in [0.25, 0.3) is 0 Å². The molecule has 2 atom stereocenters. The van der Waals surface area contributed by atoms with Crippen molar-refractivity contribution in [1.29, 1.82) is 0 Å². The summed E-state index contributed by atoms with van der Waals surface area (Å²) in [6.07, 6.45) is 7.76. The molecule has 24 heavy (non-hydrogen) atoms. The van der Waals surface area contributed by atoms with E-state index in [0.717, 1.165) is 44.9 Å². The first-order chi connectivity index (χ1) is 11.0. The smallest absolute Gasteiger partial charge is 0.225 e. The molecular weight excluding hydrogens is 350 g/mol. The molecule has 3 rings (SSSR count). The lowest BCUT2D eigenvalue weighted by Crippen LogP contribution is -2.51. The predicted molar refractivity (Wildman–Crippen MR) is 96.4 cm³/mol. The third-order valence-electron chi connectivity index (χ3n) is 5.58. The first kappa shape index (κ1) is 19.9. The number of nitrogens with one attached hydrogen (secondary N) is 1. The quantitative estimate of drug-likeness (QED) is 0.726. The van der Waals surface area contributed by atoms with E-state index in [1.165, 1.54) is 0 Å². The van der Waals surface area contributed by atoms with Gasteiger partial charge >= 0.3 is 0 Å². The van der Waals surface area contributed by atoms with Crippen LogP contribution < -0.4 is 10.5 Å². The van der Waals surface area contributed by atoms with Gasteiger partial charge in [0.1, 0.15) is 0 Å². The first-order valence-electron chi connectivity index (χ1n) is 9.00. The van der Waals surface area contributed by atoms with E-state index in [1.807, 2.05) is 0 Å². The van der Waals surface area contributed by atoms with Crippen LogP contribution in [0.5, 0.6) is 0 Å². The van der Waals surface area contributed by atoms with Crippen LogP contribution in [-0.4, -0.2) is 50.2 Å². The molecule has 0 aromatic heterocycles.